The Morgan fingerprint density at radius 3 is 2.87 bits per heavy atom. The summed E-state index contributed by atoms with van der Waals surface area (Å²) < 4.78 is 0. The van der Waals surface area contributed by atoms with Gasteiger partial charge in [0.1, 0.15) is 6.61 Å². The van der Waals surface area contributed by atoms with Crippen molar-refractivity contribution in [2.24, 2.45) is 5.92 Å². The molecule has 1 aromatic rings. The third-order valence-corrected chi connectivity index (χ3v) is 6.64. The predicted molar refractivity (Wildman–Crippen MR) is 123 cm³/mol. The number of hydrogen-bond acceptors (Lipinski definition) is 5. The maximum Gasteiger partial charge on any atom is 0.169 e. The fraction of sp³-hybridized carbons (Fsp3) is 0.538. The van der Waals surface area contributed by atoms with E-state index in [0.717, 1.165) is 51.2 Å². The van der Waals surface area contributed by atoms with E-state index in [1.54, 1.807) is 0 Å². The lowest BCUT2D eigenvalue weighted by atomic mass is 9.85. The lowest BCUT2D eigenvalue weighted by molar-refractivity contribution is -0.260. The maximum atomic E-state index is 11.0. The van der Waals surface area contributed by atoms with Gasteiger partial charge < -0.3 is 15.3 Å². The van der Waals surface area contributed by atoms with Crippen molar-refractivity contribution in [3.63, 3.8) is 0 Å². The first-order valence-corrected chi connectivity index (χ1v) is 11.7. The van der Waals surface area contributed by atoms with Crippen molar-refractivity contribution in [2.45, 2.75) is 51.2 Å². The minimum absolute atomic E-state index is 0.149. The first kappa shape index (κ1) is 22.3. The van der Waals surface area contributed by atoms with Gasteiger partial charge in [0, 0.05) is 37.2 Å². The third-order valence-electron chi connectivity index (χ3n) is 6.64. The Labute approximate surface area is 186 Å². The molecule has 5 heteroatoms. The number of piperazine rings is 1. The number of nitrogens with zero attached hydrogens (tertiary/aromatic N) is 1. The summed E-state index contributed by atoms with van der Waals surface area (Å²) in [5, 5.41) is 14.6. The Morgan fingerprint density at radius 2 is 2.06 bits per heavy atom. The summed E-state index contributed by atoms with van der Waals surface area (Å²) in [5.41, 5.74) is 3.83. The molecule has 0 saturated carbocycles. The van der Waals surface area contributed by atoms with Gasteiger partial charge in [-0.15, -0.1) is 0 Å². The molecule has 1 aromatic carbocycles. The maximum absolute atomic E-state index is 11.0. The van der Waals surface area contributed by atoms with E-state index in [1.165, 1.54) is 16.7 Å². The average Bonchev–Trinajstić information content (AvgIpc) is 2.79. The molecule has 0 bridgehead atoms. The molecule has 0 radical (unpaired) electrons. The van der Waals surface area contributed by atoms with Crippen LogP contribution in [0, 0.1) is 5.92 Å². The van der Waals surface area contributed by atoms with Crippen LogP contribution in [0.4, 0.5) is 0 Å². The van der Waals surface area contributed by atoms with E-state index in [1.807, 2.05) is 18.2 Å². The van der Waals surface area contributed by atoms with Crippen LogP contribution in [0.1, 0.15) is 44.6 Å². The van der Waals surface area contributed by atoms with Gasteiger partial charge in [-0.1, -0.05) is 56.3 Å². The molecular formula is C26H36N2O3. The van der Waals surface area contributed by atoms with Crippen molar-refractivity contribution < 1.29 is 14.9 Å². The van der Waals surface area contributed by atoms with E-state index in [4.69, 9.17) is 9.78 Å². The summed E-state index contributed by atoms with van der Waals surface area (Å²) in [6.45, 7) is 8.74. The molecule has 3 aliphatic rings. The molecule has 2 aliphatic heterocycles. The second-order valence-electron chi connectivity index (χ2n) is 9.27. The minimum atomic E-state index is -0.324. The van der Waals surface area contributed by atoms with Crippen molar-refractivity contribution in [3.05, 3.63) is 71.0 Å². The molecule has 1 aliphatic carbocycles. The van der Waals surface area contributed by atoms with E-state index in [9.17, 15) is 5.11 Å². The number of hydrogen-bond donors (Lipinski definition) is 2. The molecule has 3 atom stereocenters. The van der Waals surface area contributed by atoms with Crippen LogP contribution in [-0.2, 0) is 9.78 Å². The fourth-order valence-corrected chi connectivity index (χ4v) is 5.04. The highest BCUT2D eigenvalue weighted by molar-refractivity contribution is 5.42. The normalized spacial score (nSPS) is 23.9. The third kappa shape index (κ3) is 5.47. The molecule has 4 rings (SSSR count). The van der Waals surface area contributed by atoms with Gasteiger partial charge in [0.05, 0.1) is 6.10 Å². The summed E-state index contributed by atoms with van der Waals surface area (Å²) in [5.74, 6) is 1.48. The largest absolute Gasteiger partial charge is 0.392 e. The summed E-state index contributed by atoms with van der Waals surface area (Å²) in [6, 6.07) is 10.8. The molecule has 5 nitrogen and oxygen atoms in total. The van der Waals surface area contributed by atoms with Crippen LogP contribution in [0.2, 0.25) is 0 Å². The van der Waals surface area contributed by atoms with Crippen LogP contribution in [0.25, 0.3) is 0 Å². The Balaban J connectivity index is 1.51. The fourth-order valence-electron chi connectivity index (χ4n) is 5.04. The van der Waals surface area contributed by atoms with Crippen LogP contribution < -0.4 is 5.32 Å². The summed E-state index contributed by atoms with van der Waals surface area (Å²) >= 11 is 0. The topological polar surface area (TPSA) is 54.0 Å². The highest BCUT2D eigenvalue weighted by atomic mass is 17.2. The smallest absolute Gasteiger partial charge is 0.169 e. The second-order valence-corrected chi connectivity index (χ2v) is 9.27. The van der Waals surface area contributed by atoms with E-state index in [0.29, 0.717) is 18.6 Å². The van der Waals surface area contributed by atoms with Crippen LogP contribution >= 0.6 is 0 Å². The first-order chi connectivity index (χ1) is 15.1. The summed E-state index contributed by atoms with van der Waals surface area (Å²) in [4.78, 5) is 13.5. The van der Waals surface area contributed by atoms with Gasteiger partial charge in [0.15, 0.2) is 5.76 Å². The number of rotatable bonds is 8. The van der Waals surface area contributed by atoms with E-state index >= 15 is 0 Å². The van der Waals surface area contributed by atoms with Crippen LogP contribution in [0.3, 0.4) is 0 Å². The Hall–Kier alpha value is -1.92. The molecule has 1 saturated heterocycles. The Bertz CT molecular complexity index is 815. The van der Waals surface area contributed by atoms with Crippen molar-refractivity contribution >= 4 is 0 Å². The Morgan fingerprint density at radius 1 is 1.23 bits per heavy atom. The van der Waals surface area contributed by atoms with Crippen molar-refractivity contribution in [3.8, 4) is 0 Å². The number of allylic oxidation sites excluding steroid dienone is 4. The Kier molecular flexibility index (Phi) is 7.62. The van der Waals surface area contributed by atoms with Gasteiger partial charge in [-0.25, -0.2) is 0 Å². The number of aliphatic hydroxyl groups excluding tert-OH is 1. The highest BCUT2D eigenvalue weighted by Crippen LogP contribution is 2.33. The lowest BCUT2D eigenvalue weighted by Crippen LogP contribution is -2.53. The van der Waals surface area contributed by atoms with Crippen LogP contribution in [0.15, 0.2) is 65.5 Å². The standard InChI is InChI=1S/C26H36N2O3/c1-19(2)16-25(29)21(20-8-4-3-5-9-20)12-14-28-15-13-27-17-24(28)23-18-30-31-26-11-7-6-10-22(23)26/h3-9,11,19,21,24-25,27,29H,10,12-18H2,1-2H3. The molecule has 168 valence electrons. The van der Waals surface area contributed by atoms with E-state index in [2.05, 4.69) is 54.4 Å². The number of nitrogens with one attached hydrogen (secondary N) is 1. The zero-order valence-electron chi connectivity index (χ0n) is 18.8. The summed E-state index contributed by atoms with van der Waals surface area (Å²) in [6.07, 6.45) is 8.54. The lowest BCUT2D eigenvalue weighted by Gasteiger charge is -2.40. The second kappa shape index (κ2) is 10.6. The van der Waals surface area contributed by atoms with Gasteiger partial charge in [0.2, 0.25) is 0 Å². The first-order valence-electron chi connectivity index (χ1n) is 11.7. The van der Waals surface area contributed by atoms with Crippen molar-refractivity contribution in [2.75, 3.05) is 32.8 Å². The molecule has 2 N–H and O–H groups in total. The number of aliphatic hydroxyl groups is 1. The van der Waals surface area contributed by atoms with Crippen LogP contribution in [0.5, 0.6) is 0 Å². The molecule has 1 fully saturated rings. The average molecular weight is 425 g/mol. The van der Waals surface area contributed by atoms with Gasteiger partial charge in [-0.3, -0.25) is 4.90 Å². The predicted octanol–water partition coefficient (Wildman–Crippen LogP) is 3.94. The monoisotopic (exact) mass is 424 g/mol. The van der Waals surface area contributed by atoms with E-state index in [-0.39, 0.29) is 12.0 Å². The number of benzene rings is 1. The molecule has 3 unspecified atom stereocenters. The zero-order valence-corrected chi connectivity index (χ0v) is 18.8. The van der Waals surface area contributed by atoms with E-state index < -0.39 is 0 Å². The van der Waals surface area contributed by atoms with Gasteiger partial charge in [0.25, 0.3) is 0 Å². The van der Waals surface area contributed by atoms with Gasteiger partial charge in [-0.2, -0.15) is 4.89 Å². The molecule has 2 heterocycles. The molecule has 0 spiro atoms. The molecular weight excluding hydrogens is 388 g/mol. The molecule has 31 heavy (non-hydrogen) atoms. The van der Waals surface area contributed by atoms with Crippen LogP contribution in [-0.4, -0.2) is 54.9 Å². The van der Waals surface area contributed by atoms with Crippen molar-refractivity contribution in [1.82, 2.24) is 10.2 Å². The summed E-state index contributed by atoms with van der Waals surface area (Å²) in [7, 11) is 0. The minimum Gasteiger partial charge on any atom is -0.392 e. The highest BCUT2D eigenvalue weighted by Gasteiger charge is 2.33. The molecule has 0 amide bonds. The van der Waals surface area contributed by atoms with Gasteiger partial charge in [-0.05, 0) is 48.9 Å². The quantitative estimate of drug-likeness (QED) is 0.619. The zero-order chi connectivity index (χ0) is 21.6. The van der Waals surface area contributed by atoms with Crippen molar-refractivity contribution in [1.29, 1.82) is 0 Å². The molecule has 0 aromatic heterocycles. The number of fused-ring (bicyclic) bond motifs is 1. The van der Waals surface area contributed by atoms with Gasteiger partial charge >= 0.3 is 0 Å². The SMILES string of the molecule is CC(C)CC(O)C(CCN1CCNCC1C1=C2CC=CC=C2OOC1)c1ccccc1.